The largest absolute Gasteiger partial charge is 0.493 e. The maximum atomic E-state index is 12.5. The zero-order valence-electron chi connectivity index (χ0n) is 32.6. The van der Waals surface area contributed by atoms with Gasteiger partial charge in [0.25, 0.3) is 0 Å². The summed E-state index contributed by atoms with van der Waals surface area (Å²) in [6.45, 7) is 0. The summed E-state index contributed by atoms with van der Waals surface area (Å²) in [5, 5.41) is 45.4. The van der Waals surface area contributed by atoms with Gasteiger partial charge in [-0.3, -0.25) is 9.59 Å². The Hall–Kier alpha value is -5.88. The molecule has 9 unspecified atom stereocenters. The number of fused-ring (bicyclic) bond motifs is 8. The van der Waals surface area contributed by atoms with E-state index in [4.69, 9.17) is 49.7 Å². The Kier molecular flexibility index (Phi) is 10.1. The van der Waals surface area contributed by atoms with Gasteiger partial charge in [0, 0.05) is 57.4 Å². The van der Waals surface area contributed by atoms with Crippen molar-refractivity contribution in [3.63, 3.8) is 0 Å². The summed E-state index contributed by atoms with van der Waals surface area (Å²) < 4.78 is 43.7. The van der Waals surface area contributed by atoms with Gasteiger partial charge in [-0.1, -0.05) is 54.6 Å². The van der Waals surface area contributed by atoms with Crippen molar-refractivity contribution in [1.82, 2.24) is 4.98 Å². The molecule has 16 heteroatoms. The van der Waals surface area contributed by atoms with Crippen molar-refractivity contribution in [2.75, 3.05) is 14.2 Å². The molecule has 0 bridgehead atoms. The van der Waals surface area contributed by atoms with Crippen LogP contribution in [0.5, 0.6) is 28.7 Å². The highest BCUT2D eigenvalue weighted by Gasteiger charge is 2.60. The molecule has 0 radical (unpaired) electrons. The van der Waals surface area contributed by atoms with Gasteiger partial charge in [0.15, 0.2) is 23.2 Å². The van der Waals surface area contributed by atoms with E-state index in [-0.39, 0.29) is 24.5 Å². The first kappa shape index (κ1) is 39.6. The van der Waals surface area contributed by atoms with Crippen LogP contribution in [0.2, 0.25) is 0 Å². The number of rotatable bonds is 10. The zero-order chi connectivity index (χ0) is 42.0. The van der Waals surface area contributed by atoms with Gasteiger partial charge in [-0.05, 0) is 30.5 Å². The molecule has 16 nitrogen and oxygen atoms in total. The maximum absolute atomic E-state index is 12.5. The van der Waals surface area contributed by atoms with E-state index in [0.29, 0.717) is 40.5 Å². The van der Waals surface area contributed by atoms with Crippen LogP contribution in [-0.4, -0.2) is 100 Å². The molecule has 9 rings (SSSR count). The first-order valence-corrected chi connectivity index (χ1v) is 19.6. The molecule has 5 heterocycles. The van der Waals surface area contributed by atoms with Crippen molar-refractivity contribution in [3.8, 4) is 39.9 Å². The number of carboxylic acid groups (broad SMARTS) is 1. The number of ether oxygens (including phenoxy) is 7. The normalized spacial score (nSPS) is 26.8. The topological polar surface area (TPSA) is 248 Å². The monoisotopic (exact) mass is 823 g/mol. The number of aromatic amines is 1. The van der Waals surface area contributed by atoms with E-state index in [0.717, 1.165) is 33.2 Å². The summed E-state index contributed by atoms with van der Waals surface area (Å²) in [7, 11) is 3.13. The van der Waals surface area contributed by atoms with Crippen LogP contribution in [-0.2, 0) is 31.9 Å². The number of aliphatic hydroxyl groups is 3. The number of hydrogen-bond donors (Lipinski definition) is 7. The second-order valence-electron chi connectivity index (χ2n) is 15.6. The molecular formula is C44H45N3O13. The predicted octanol–water partition coefficient (Wildman–Crippen LogP) is 3.21. The lowest BCUT2D eigenvalue weighted by atomic mass is 9.77. The quantitative estimate of drug-likeness (QED) is 0.0607. The summed E-state index contributed by atoms with van der Waals surface area (Å²) in [6, 6.07) is 23.3. The second kappa shape index (κ2) is 15.3. The van der Waals surface area contributed by atoms with Gasteiger partial charge >= 0.3 is 11.9 Å². The van der Waals surface area contributed by atoms with Crippen LogP contribution in [0.1, 0.15) is 47.1 Å². The summed E-state index contributed by atoms with van der Waals surface area (Å²) in [6.07, 6.45) is -9.99. The van der Waals surface area contributed by atoms with E-state index in [1.165, 1.54) is 0 Å². The first-order chi connectivity index (χ1) is 28.9. The second-order valence-corrected chi connectivity index (χ2v) is 15.6. The molecule has 9 atom stereocenters. The minimum absolute atomic E-state index is 0.116. The van der Waals surface area contributed by atoms with Gasteiger partial charge < -0.3 is 70.0 Å². The van der Waals surface area contributed by atoms with Crippen molar-refractivity contribution >= 4 is 22.8 Å². The number of carbonyl (C=O) groups excluding carboxylic acids is 1. The molecule has 1 saturated heterocycles. The molecule has 60 heavy (non-hydrogen) atoms. The molecule has 0 aliphatic carbocycles. The molecule has 4 aliphatic rings. The summed E-state index contributed by atoms with van der Waals surface area (Å²) in [5.74, 6) is -0.806. The zero-order valence-corrected chi connectivity index (χ0v) is 32.6. The number of aromatic nitrogens is 1. The van der Waals surface area contributed by atoms with Gasteiger partial charge in [0.1, 0.15) is 48.4 Å². The lowest BCUT2D eigenvalue weighted by Crippen LogP contribution is -2.71. The third kappa shape index (κ3) is 6.47. The molecular weight excluding hydrogens is 778 g/mol. The Labute approximate surface area is 343 Å². The summed E-state index contributed by atoms with van der Waals surface area (Å²) >= 11 is 0. The highest BCUT2D eigenvalue weighted by atomic mass is 16.7. The number of H-pyrrole nitrogens is 1. The number of benzene rings is 4. The summed E-state index contributed by atoms with van der Waals surface area (Å²) in [4.78, 5) is 27.1. The number of aliphatic hydroxyl groups excluding tert-OH is 2. The number of para-hydroxylation sites is 1. The smallest absolute Gasteiger partial charge is 0.317 e. The molecule has 5 aromatic rings. The first-order valence-electron chi connectivity index (χ1n) is 19.6. The number of carbonyl (C=O) groups is 2. The van der Waals surface area contributed by atoms with E-state index >= 15 is 0 Å². The average molecular weight is 824 g/mol. The number of nitrogens with two attached hydrogens (primary N) is 2. The van der Waals surface area contributed by atoms with E-state index in [9.17, 15) is 24.9 Å². The van der Waals surface area contributed by atoms with Gasteiger partial charge in [-0.15, -0.1) is 0 Å². The third-order valence-electron chi connectivity index (χ3n) is 12.1. The maximum Gasteiger partial charge on any atom is 0.317 e. The van der Waals surface area contributed by atoms with Crippen LogP contribution in [0.4, 0.5) is 0 Å². The third-order valence-corrected chi connectivity index (χ3v) is 12.1. The number of methoxy groups -OCH3 is 2. The van der Waals surface area contributed by atoms with Crippen molar-refractivity contribution in [3.05, 3.63) is 101 Å². The van der Waals surface area contributed by atoms with E-state index < -0.39 is 73.0 Å². The van der Waals surface area contributed by atoms with Gasteiger partial charge in [-0.25, -0.2) is 0 Å². The van der Waals surface area contributed by atoms with Crippen LogP contribution in [0.25, 0.3) is 22.0 Å². The van der Waals surface area contributed by atoms with Crippen LogP contribution in [0.3, 0.4) is 0 Å². The number of aliphatic carboxylic acids is 1. The van der Waals surface area contributed by atoms with Crippen molar-refractivity contribution in [2.24, 2.45) is 11.5 Å². The van der Waals surface area contributed by atoms with Crippen LogP contribution >= 0.6 is 0 Å². The molecule has 9 N–H and O–H groups in total. The highest BCUT2D eigenvalue weighted by molar-refractivity contribution is 5.98. The van der Waals surface area contributed by atoms with Gasteiger partial charge in [-0.2, -0.15) is 0 Å². The molecule has 4 aliphatic heterocycles. The van der Waals surface area contributed by atoms with Crippen LogP contribution in [0, 0.1) is 0 Å². The van der Waals surface area contributed by atoms with Crippen molar-refractivity contribution in [2.45, 2.75) is 86.3 Å². The molecule has 0 amide bonds. The van der Waals surface area contributed by atoms with Gasteiger partial charge in [0.2, 0.25) is 12.0 Å². The molecule has 314 valence electrons. The predicted molar refractivity (Wildman–Crippen MR) is 213 cm³/mol. The fraction of sp³-hybridized carbons (Fsp3) is 0.364. The number of nitrogens with one attached hydrogen (secondary N) is 1. The Morgan fingerprint density at radius 3 is 2.47 bits per heavy atom. The molecule has 1 aromatic heterocycles. The molecule has 0 saturated carbocycles. The Bertz CT molecular complexity index is 2460. The lowest BCUT2D eigenvalue weighted by molar-refractivity contribution is -0.329. The molecule has 1 fully saturated rings. The van der Waals surface area contributed by atoms with Gasteiger partial charge in [0.05, 0.1) is 26.3 Å². The Balaban J connectivity index is 1.21. The highest BCUT2D eigenvalue weighted by Crippen LogP contribution is 2.62. The number of carboxylic acids is 1. The van der Waals surface area contributed by atoms with Crippen molar-refractivity contribution in [1.29, 1.82) is 0 Å². The fourth-order valence-electron chi connectivity index (χ4n) is 9.30. The minimum atomic E-state index is -2.22. The number of esters is 1. The van der Waals surface area contributed by atoms with E-state index in [2.05, 4.69) is 4.98 Å². The lowest BCUT2D eigenvalue weighted by Gasteiger charge is -2.48. The average Bonchev–Trinajstić information content (AvgIpc) is 3.80. The molecule has 0 spiro atoms. The van der Waals surface area contributed by atoms with E-state index in [1.807, 2.05) is 72.9 Å². The van der Waals surface area contributed by atoms with Crippen LogP contribution < -0.4 is 35.2 Å². The number of hydrogen-bond acceptors (Lipinski definition) is 14. The van der Waals surface area contributed by atoms with Crippen LogP contribution in [0.15, 0.2) is 79.0 Å². The minimum Gasteiger partial charge on any atom is -0.493 e. The van der Waals surface area contributed by atoms with E-state index in [1.54, 1.807) is 20.3 Å². The van der Waals surface area contributed by atoms with Crippen molar-refractivity contribution < 1.29 is 63.2 Å². The Morgan fingerprint density at radius 2 is 1.73 bits per heavy atom. The SMILES string of the molecule is COc1ccc2c(c1OC)OC1c3c(cc4c(c3-c3c[nH]c5ccccc35)CCC3(O)C(O4)OC(C(OC(=O)CC(=O)O)C(N)N)C(O)C3O)OC(Cc3ccccc3)C21. The fourth-order valence-corrected chi connectivity index (χ4v) is 9.30. The standard InChI is InChI=1S/C44H45N3O13/c1-54-26-13-12-23-33-28(16-20-8-4-3-5-9-20)56-29-17-27-22(32(24-19-47-25-11-7-6-10-21(24)25)34(29)38(33)59-36(23)37(26)55-2)14-15-44(53)41(52)35(51)39(60-43(44)57-27)40(42(45)46)58-31(50)18-30(48)49/h3-13,17,19,28,33,35,38-43,47,51-53H,14-16,18,45-46H2,1-2H3,(H,48,49). The molecule has 4 aromatic carbocycles. The summed E-state index contributed by atoms with van der Waals surface area (Å²) in [5.41, 5.74) is 15.4. The Morgan fingerprint density at radius 1 is 0.967 bits per heavy atom.